The highest BCUT2D eigenvalue weighted by Gasteiger charge is 2.28. The molecule has 1 aliphatic carbocycles. The van der Waals surface area contributed by atoms with Gasteiger partial charge in [0.2, 0.25) is 0 Å². The Kier molecular flexibility index (Phi) is 3.47. The van der Waals surface area contributed by atoms with Crippen LogP contribution < -0.4 is 0 Å². The minimum atomic E-state index is -0.241. The minimum absolute atomic E-state index is 0.241. The van der Waals surface area contributed by atoms with Crippen molar-refractivity contribution in [2.45, 2.75) is 19.4 Å². The first-order valence-electron chi connectivity index (χ1n) is 6.58. The number of hydrogen-bond acceptors (Lipinski definition) is 3. The molecular formula is C15H16ClNO2. The summed E-state index contributed by atoms with van der Waals surface area (Å²) in [5, 5.41) is 0.772. The average Bonchev–Trinajstić information content (AvgIpc) is 3.11. The van der Waals surface area contributed by atoms with Crippen molar-refractivity contribution >= 4 is 17.6 Å². The van der Waals surface area contributed by atoms with Gasteiger partial charge in [-0.25, -0.2) is 4.79 Å². The molecule has 1 heterocycles. The smallest absolute Gasteiger partial charge is 0.333 e. The molecule has 19 heavy (non-hydrogen) atoms. The van der Waals surface area contributed by atoms with Gasteiger partial charge in [-0.1, -0.05) is 29.8 Å². The number of halogens is 1. The molecule has 3 rings (SSSR count). The topological polar surface area (TPSA) is 29.5 Å². The van der Waals surface area contributed by atoms with E-state index in [2.05, 4.69) is 4.90 Å². The molecule has 4 heteroatoms. The molecule has 0 bridgehead atoms. The fraction of sp³-hybridized carbons (Fsp3) is 0.400. The van der Waals surface area contributed by atoms with E-state index in [4.69, 9.17) is 16.3 Å². The van der Waals surface area contributed by atoms with Gasteiger partial charge in [-0.3, -0.25) is 0 Å². The van der Waals surface area contributed by atoms with E-state index in [1.807, 2.05) is 24.3 Å². The van der Waals surface area contributed by atoms with Crippen LogP contribution in [0.3, 0.4) is 0 Å². The van der Waals surface area contributed by atoms with Crippen molar-refractivity contribution in [1.29, 1.82) is 0 Å². The zero-order valence-electron chi connectivity index (χ0n) is 10.6. The van der Waals surface area contributed by atoms with E-state index in [0.717, 1.165) is 35.3 Å². The molecule has 1 saturated carbocycles. The summed E-state index contributed by atoms with van der Waals surface area (Å²) >= 11 is 6.21. The molecule has 1 aliphatic heterocycles. The van der Waals surface area contributed by atoms with E-state index >= 15 is 0 Å². The number of carbonyl (C=O) groups is 1. The quantitative estimate of drug-likeness (QED) is 0.775. The SMILES string of the molecule is O=C1C=C(N(Cc2ccccc2Cl)CC2CC2)CO1. The number of esters is 1. The Morgan fingerprint density at radius 1 is 1.32 bits per heavy atom. The number of hydrogen-bond donors (Lipinski definition) is 0. The summed E-state index contributed by atoms with van der Waals surface area (Å²) < 4.78 is 5.01. The molecule has 0 radical (unpaired) electrons. The highest BCUT2D eigenvalue weighted by molar-refractivity contribution is 6.31. The van der Waals surface area contributed by atoms with Crippen molar-refractivity contribution in [2.24, 2.45) is 5.92 Å². The van der Waals surface area contributed by atoms with E-state index in [1.165, 1.54) is 12.8 Å². The first-order chi connectivity index (χ1) is 9.22. The third kappa shape index (κ3) is 3.10. The third-order valence-electron chi connectivity index (χ3n) is 3.55. The first kappa shape index (κ1) is 12.5. The predicted octanol–water partition coefficient (Wildman–Crippen LogP) is 2.99. The normalized spacial score (nSPS) is 18.2. The molecule has 3 nitrogen and oxygen atoms in total. The van der Waals surface area contributed by atoms with Crippen LogP contribution in [0, 0.1) is 5.92 Å². The Bertz CT molecular complexity index is 523. The lowest BCUT2D eigenvalue weighted by molar-refractivity contribution is -0.135. The largest absolute Gasteiger partial charge is 0.456 e. The zero-order chi connectivity index (χ0) is 13.2. The van der Waals surface area contributed by atoms with Crippen LogP contribution >= 0.6 is 11.6 Å². The summed E-state index contributed by atoms with van der Waals surface area (Å²) in [6, 6.07) is 7.84. The Hall–Kier alpha value is -1.48. The van der Waals surface area contributed by atoms with Gasteiger partial charge in [0, 0.05) is 24.2 Å². The molecule has 1 aromatic rings. The Balaban J connectivity index is 1.77. The summed E-state index contributed by atoms with van der Waals surface area (Å²) in [7, 11) is 0. The number of benzene rings is 1. The predicted molar refractivity (Wildman–Crippen MR) is 73.6 cm³/mol. The van der Waals surface area contributed by atoms with Crippen LogP contribution in [-0.2, 0) is 16.1 Å². The van der Waals surface area contributed by atoms with Crippen LogP contribution in [0.5, 0.6) is 0 Å². The molecule has 100 valence electrons. The Morgan fingerprint density at radius 2 is 2.11 bits per heavy atom. The monoisotopic (exact) mass is 277 g/mol. The first-order valence-corrected chi connectivity index (χ1v) is 6.96. The average molecular weight is 278 g/mol. The van der Waals surface area contributed by atoms with Crippen LogP contribution in [-0.4, -0.2) is 24.0 Å². The van der Waals surface area contributed by atoms with Gasteiger partial charge in [-0.15, -0.1) is 0 Å². The lowest BCUT2D eigenvalue weighted by Gasteiger charge is -2.25. The standard InChI is InChI=1S/C15H16ClNO2/c16-14-4-2-1-3-12(14)9-17(8-11-5-6-11)13-7-15(18)19-10-13/h1-4,7,11H,5-6,8-10H2. The summed E-state index contributed by atoms with van der Waals surface area (Å²) in [5.41, 5.74) is 2.06. The van der Waals surface area contributed by atoms with Crippen LogP contribution in [0.15, 0.2) is 36.0 Å². The molecular weight excluding hydrogens is 262 g/mol. The summed E-state index contributed by atoms with van der Waals surface area (Å²) in [6.07, 6.45) is 4.15. The summed E-state index contributed by atoms with van der Waals surface area (Å²) in [4.78, 5) is 13.5. The van der Waals surface area contributed by atoms with Gasteiger partial charge in [0.1, 0.15) is 6.61 Å². The molecule has 0 unspecified atom stereocenters. The molecule has 0 atom stereocenters. The minimum Gasteiger partial charge on any atom is -0.456 e. The number of ether oxygens (including phenoxy) is 1. The number of nitrogens with zero attached hydrogens (tertiary/aromatic N) is 1. The van der Waals surface area contributed by atoms with Crippen molar-refractivity contribution in [3.8, 4) is 0 Å². The van der Waals surface area contributed by atoms with Crippen LogP contribution in [0.1, 0.15) is 18.4 Å². The van der Waals surface area contributed by atoms with Gasteiger partial charge in [-0.2, -0.15) is 0 Å². The summed E-state index contributed by atoms with van der Waals surface area (Å²) in [6.45, 7) is 2.10. The van der Waals surface area contributed by atoms with Crippen molar-refractivity contribution in [3.63, 3.8) is 0 Å². The van der Waals surface area contributed by atoms with E-state index < -0.39 is 0 Å². The van der Waals surface area contributed by atoms with Gasteiger partial charge in [0.05, 0.1) is 5.70 Å². The highest BCUT2D eigenvalue weighted by Crippen LogP contribution is 2.32. The van der Waals surface area contributed by atoms with Gasteiger partial charge in [0.15, 0.2) is 0 Å². The van der Waals surface area contributed by atoms with Crippen molar-refractivity contribution < 1.29 is 9.53 Å². The van der Waals surface area contributed by atoms with E-state index in [-0.39, 0.29) is 5.97 Å². The second kappa shape index (κ2) is 5.25. The van der Waals surface area contributed by atoms with Crippen molar-refractivity contribution in [1.82, 2.24) is 4.90 Å². The lowest BCUT2D eigenvalue weighted by Crippen LogP contribution is -2.26. The molecule has 0 N–H and O–H groups in total. The fourth-order valence-electron chi connectivity index (χ4n) is 2.27. The molecule has 0 saturated heterocycles. The van der Waals surface area contributed by atoms with E-state index in [0.29, 0.717) is 6.61 Å². The maximum absolute atomic E-state index is 11.2. The summed E-state index contributed by atoms with van der Waals surface area (Å²) in [5.74, 6) is 0.508. The van der Waals surface area contributed by atoms with E-state index in [9.17, 15) is 4.79 Å². The number of carbonyl (C=O) groups excluding carboxylic acids is 1. The Morgan fingerprint density at radius 3 is 2.74 bits per heavy atom. The van der Waals surface area contributed by atoms with Gasteiger partial charge >= 0.3 is 5.97 Å². The molecule has 1 fully saturated rings. The van der Waals surface area contributed by atoms with Gasteiger partial charge in [-0.05, 0) is 30.4 Å². The fourth-order valence-corrected chi connectivity index (χ4v) is 2.47. The number of cyclic esters (lactones) is 1. The molecule has 2 aliphatic rings. The molecule has 0 spiro atoms. The maximum Gasteiger partial charge on any atom is 0.333 e. The van der Waals surface area contributed by atoms with Crippen molar-refractivity contribution in [2.75, 3.05) is 13.2 Å². The highest BCUT2D eigenvalue weighted by atomic mass is 35.5. The number of rotatable bonds is 5. The molecule has 1 aromatic carbocycles. The third-order valence-corrected chi connectivity index (χ3v) is 3.92. The van der Waals surface area contributed by atoms with Crippen LogP contribution in [0.25, 0.3) is 0 Å². The second-order valence-corrected chi connectivity index (χ2v) is 5.57. The van der Waals surface area contributed by atoms with E-state index in [1.54, 1.807) is 6.08 Å². The maximum atomic E-state index is 11.2. The van der Waals surface area contributed by atoms with Crippen LogP contribution in [0.2, 0.25) is 5.02 Å². The van der Waals surface area contributed by atoms with Gasteiger partial charge in [0.25, 0.3) is 0 Å². The van der Waals surface area contributed by atoms with Gasteiger partial charge < -0.3 is 9.64 Å². The molecule has 0 aromatic heterocycles. The lowest BCUT2D eigenvalue weighted by atomic mass is 10.2. The van der Waals surface area contributed by atoms with Crippen molar-refractivity contribution in [3.05, 3.63) is 46.6 Å². The molecule has 0 amide bonds. The zero-order valence-corrected chi connectivity index (χ0v) is 11.4. The Labute approximate surface area is 117 Å². The van der Waals surface area contributed by atoms with Crippen LogP contribution in [0.4, 0.5) is 0 Å². The second-order valence-electron chi connectivity index (χ2n) is 5.16.